The second-order valence-electron chi connectivity index (χ2n) is 0.812. The molecule has 0 aliphatic rings. The van der Waals surface area contributed by atoms with Crippen molar-refractivity contribution in [2.24, 2.45) is 0 Å². The fourth-order valence-corrected chi connectivity index (χ4v) is 0.671. The van der Waals surface area contributed by atoms with E-state index >= 15 is 0 Å². The SMILES string of the molecule is COP([O-])(=S)SC.[Mo+]. The third-order valence-electron chi connectivity index (χ3n) is 0.447. The Kier molecular flexibility index (Phi) is 8.30. The molecule has 0 aliphatic carbocycles. The summed E-state index contributed by atoms with van der Waals surface area (Å²) in [6.45, 7) is 0. The van der Waals surface area contributed by atoms with E-state index in [2.05, 4.69) is 16.3 Å². The van der Waals surface area contributed by atoms with E-state index in [0.29, 0.717) is 0 Å². The van der Waals surface area contributed by atoms with Gasteiger partial charge in [-0.15, -0.1) is 11.4 Å². The molecule has 0 rings (SSSR count). The van der Waals surface area contributed by atoms with Gasteiger partial charge < -0.3 is 9.42 Å². The summed E-state index contributed by atoms with van der Waals surface area (Å²) in [5.74, 6) is 0. The van der Waals surface area contributed by atoms with Gasteiger partial charge in [-0.25, -0.2) is 0 Å². The van der Waals surface area contributed by atoms with Crippen molar-refractivity contribution < 1.29 is 30.5 Å². The molecule has 0 aromatic rings. The van der Waals surface area contributed by atoms with Gasteiger partial charge in [0, 0.05) is 12.8 Å². The van der Waals surface area contributed by atoms with Crippen molar-refractivity contribution in [1.29, 1.82) is 0 Å². The van der Waals surface area contributed by atoms with Crippen molar-refractivity contribution in [3.63, 3.8) is 0 Å². The summed E-state index contributed by atoms with van der Waals surface area (Å²) in [4.78, 5) is 10.5. The first-order chi connectivity index (χ1) is 3.12. The van der Waals surface area contributed by atoms with Gasteiger partial charge in [0.2, 0.25) is 0 Å². The molecule has 1 radical (unpaired) electrons. The first-order valence-corrected chi connectivity index (χ1v) is 6.01. The number of rotatable bonds is 2. The minimum absolute atomic E-state index is 0. The van der Waals surface area contributed by atoms with E-state index in [4.69, 9.17) is 0 Å². The molecule has 0 aromatic carbocycles. The monoisotopic (exact) mass is 255 g/mol. The van der Waals surface area contributed by atoms with E-state index in [9.17, 15) is 4.89 Å². The van der Waals surface area contributed by atoms with Gasteiger partial charge in [-0.2, -0.15) is 0 Å². The Bertz CT molecular complexity index is 90.0. The van der Waals surface area contributed by atoms with Gasteiger partial charge in [0.15, 0.2) is 0 Å². The molecule has 0 fully saturated rings. The smallest absolute Gasteiger partial charge is 0.793 e. The van der Waals surface area contributed by atoms with Crippen LogP contribution in [-0.2, 0) is 37.4 Å². The van der Waals surface area contributed by atoms with Crippen LogP contribution in [0.25, 0.3) is 0 Å². The van der Waals surface area contributed by atoms with E-state index < -0.39 is 5.69 Å². The minimum atomic E-state index is -2.65. The molecule has 0 heterocycles. The summed E-state index contributed by atoms with van der Waals surface area (Å²) in [5.41, 5.74) is -2.65. The molecule has 0 N–H and O–H groups in total. The zero-order valence-electron chi connectivity index (χ0n) is 4.49. The molecule has 0 aromatic heterocycles. The summed E-state index contributed by atoms with van der Waals surface area (Å²) < 4.78 is 4.42. The largest absolute Gasteiger partial charge is 1.00 e. The Balaban J connectivity index is 0. The molecule has 1 atom stereocenters. The van der Waals surface area contributed by atoms with Crippen LogP contribution in [0.3, 0.4) is 0 Å². The van der Waals surface area contributed by atoms with Crippen LogP contribution in [-0.4, -0.2) is 13.4 Å². The fourth-order valence-electron chi connectivity index (χ4n) is 0.0745. The Hall–Kier alpha value is 1.61. The maximum atomic E-state index is 10.5. The summed E-state index contributed by atoms with van der Waals surface area (Å²) in [6.07, 6.45) is 1.66. The summed E-state index contributed by atoms with van der Waals surface area (Å²) in [5, 5.41) is 0. The molecule has 8 heavy (non-hydrogen) atoms. The molecule has 2 nitrogen and oxygen atoms in total. The summed E-state index contributed by atoms with van der Waals surface area (Å²) in [6, 6.07) is 0. The molecular formula is C2H6MoO2PS2. The average molecular weight is 253 g/mol. The van der Waals surface area contributed by atoms with Crippen LogP contribution in [0.1, 0.15) is 0 Å². The Morgan fingerprint density at radius 1 is 1.75 bits per heavy atom. The Labute approximate surface area is 72.6 Å². The summed E-state index contributed by atoms with van der Waals surface area (Å²) >= 11 is 5.52. The normalized spacial score (nSPS) is 16.4. The molecule has 0 bridgehead atoms. The number of hydrogen-bond donors (Lipinski definition) is 0. The molecule has 0 aliphatic heterocycles. The van der Waals surface area contributed by atoms with Crippen LogP contribution in [0, 0.1) is 0 Å². The Morgan fingerprint density at radius 2 is 2.12 bits per heavy atom. The molecule has 0 spiro atoms. The van der Waals surface area contributed by atoms with E-state index in [1.165, 1.54) is 7.11 Å². The molecule has 1 unspecified atom stereocenters. The van der Waals surface area contributed by atoms with Gasteiger partial charge in [-0.05, 0) is 6.26 Å². The van der Waals surface area contributed by atoms with Gasteiger partial charge >= 0.3 is 21.1 Å². The first kappa shape index (κ1) is 12.3. The van der Waals surface area contributed by atoms with Crippen molar-refractivity contribution in [3.8, 4) is 0 Å². The van der Waals surface area contributed by atoms with Crippen molar-refractivity contribution >= 4 is 28.9 Å². The van der Waals surface area contributed by atoms with E-state index in [0.717, 1.165) is 11.4 Å². The zero-order chi connectivity index (χ0) is 5.91. The minimum Gasteiger partial charge on any atom is -0.793 e. The molecule has 49 valence electrons. The van der Waals surface area contributed by atoms with Crippen LogP contribution >= 0.6 is 17.1 Å². The van der Waals surface area contributed by atoms with Crippen LogP contribution in [0.4, 0.5) is 0 Å². The maximum Gasteiger partial charge on any atom is 1.00 e. The topological polar surface area (TPSA) is 32.3 Å². The Morgan fingerprint density at radius 3 is 2.12 bits per heavy atom. The first-order valence-electron chi connectivity index (χ1n) is 1.55. The van der Waals surface area contributed by atoms with Crippen LogP contribution in [0.5, 0.6) is 0 Å². The van der Waals surface area contributed by atoms with E-state index in [1.54, 1.807) is 6.26 Å². The maximum absolute atomic E-state index is 10.5. The third kappa shape index (κ3) is 5.74. The molecule has 0 saturated heterocycles. The zero-order valence-corrected chi connectivity index (χ0v) is 9.02. The van der Waals surface area contributed by atoms with Gasteiger partial charge in [-0.3, -0.25) is 0 Å². The number of hydrogen-bond acceptors (Lipinski definition) is 4. The average Bonchev–Trinajstić information content (AvgIpc) is 1.68. The second-order valence-corrected chi connectivity index (χ2v) is 7.11. The molecular weight excluding hydrogens is 247 g/mol. The van der Waals surface area contributed by atoms with Crippen LogP contribution in [0.15, 0.2) is 0 Å². The standard InChI is InChI=1S/C2H7O2PS2.Mo/c1-4-5(3,6)7-2;/h1-2H3,(H,3,6);/q;+1/p-1. The quantitative estimate of drug-likeness (QED) is 0.532. The van der Waals surface area contributed by atoms with Gasteiger partial charge in [0.25, 0.3) is 0 Å². The van der Waals surface area contributed by atoms with Crippen molar-refractivity contribution in [2.45, 2.75) is 0 Å². The van der Waals surface area contributed by atoms with Crippen LogP contribution < -0.4 is 4.89 Å². The van der Waals surface area contributed by atoms with E-state index in [1.807, 2.05) is 0 Å². The second kappa shape index (κ2) is 5.40. The van der Waals surface area contributed by atoms with Gasteiger partial charge in [0.05, 0.1) is 0 Å². The van der Waals surface area contributed by atoms with Gasteiger partial charge in [-0.1, -0.05) is 11.8 Å². The van der Waals surface area contributed by atoms with Crippen molar-refractivity contribution in [3.05, 3.63) is 0 Å². The van der Waals surface area contributed by atoms with Crippen molar-refractivity contribution in [2.75, 3.05) is 13.4 Å². The third-order valence-corrected chi connectivity index (χ3v) is 4.92. The molecule has 0 saturated carbocycles. The predicted molar refractivity (Wildman–Crippen MR) is 34.8 cm³/mol. The molecule has 0 amide bonds. The van der Waals surface area contributed by atoms with E-state index in [-0.39, 0.29) is 21.1 Å². The van der Waals surface area contributed by atoms with Gasteiger partial charge in [0.1, 0.15) is 0 Å². The molecule has 6 heteroatoms. The fraction of sp³-hybridized carbons (Fsp3) is 1.00. The summed E-state index contributed by atoms with van der Waals surface area (Å²) in [7, 11) is 1.35. The van der Waals surface area contributed by atoms with Crippen LogP contribution in [0.2, 0.25) is 0 Å². The van der Waals surface area contributed by atoms with Crippen molar-refractivity contribution in [1.82, 2.24) is 0 Å². The predicted octanol–water partition coefficient (Wildman–Crippen LogP) is 0.578.